The molecular weight excluding hydrogens is 356 g/mol. The Labute approximate surface area is 162 Å². The van der Waals surface area contributed by atoms with Crippen LogP contribution in [0.4, 0.5) is 0 Å². The summed E-state index contributed by atoms with van der Waals surface area (Å²) in [7, 11) is 1.64. The molecule has 0 aliphatic carbocycles. The molecule has 3 aromatic rings. The van der Waals surface area contributed by atoms with Gasteiger partial charge in [0.2, 0.25) is 0 Å². The van der Waals surface area contributed by atoms with Gasteiger partial charge in [-0.25, -0.2) is 9.36 Å². The quantitative estimate of drug-likeness (QED) is 0.660. The third kappa shape index (κ3) is 3.91. The summed E-state index contributed by atoms with van der Waals surface area (Å²) in [5, 5.41) is 8.65. The number of aryl methyl sites for hydroxylation is 1. The van der Waals surface area contributed by atoms with Crippen LogP contribution in [0.1, 0.15) is 18.4 Å². The van der Waals surface area contributed by atoms with E-state index in [0.717, 1.165) is 36.2 Å². The maximum Gasteiger partial charge on any atom is 0.266 e. The minimum atomic E-state index is -0.115. The highest BCUT2D eigenvalue weighted by Crippen LogP contribution is 2.21. The summed E-state index contributed by atoms with van der Waals surface area (Å²) in [5.41, 5.74) is 2.34. The minimum absolute atomic E-state index is 0.111. The Bertz CT molecular complexity index is 1080. The van der Waals surface area contributed by atoms with E-state index in [1.807, 2.05) is 12.1 Å². The van der Waals surface area contributed by atoms with Gasteiger partial charge in [-0.3, -0.25) is 19.5 Å². The number of rotatable bonds is 5. The summed E-state index contributed by atoms with van der Waals surface area (Å²) < 4.78 is 2.86. The molecule has 8 heteroatoms. The molecule has 0 bridgehead atoms. The van der Waals surface area contributed by atoms with Crippen molar-refractivity contribution in [3.63, 3.8) is 0 Å². The van der Waals surface area contributed by atoms with Gasteiger partial charge in [-0.1, -0.05) is 0 Å². The van der Waals surface area contributed by atoms with E-state index in [-0.39, 0.29) is 17.2 Å². The van der Waals surface area contributed by atoms with Gasteiger partial charge in [0.1, 0.15) is 0 Å². The van der Waals surface area contributed by atoms with Gasteiger partial charge in [0, 0.05) is 49.7 Å². The number of nitrogens with zero attached hydrogens (tertiary/aromatic N) is 6. The predicted molar refractivity (Wildman–Crippen MR) is 105 cm³/mol. The summed E-state index contributed by atoms with van der Waals surface area (Å²) in [6, 6.07) is 8.88. The van der Waals surface area contributed by atoms with Crippen LogP contribution < -0.4 is 11.1 Å². The van der Waals surface area contributed by atoms with E-state index in [2.05, 4.69) is 20.1 Å². The molecule has 3 aromatic heterocycles. The first-order valence-corrected chi connectivity index (χ1v) is 9.35. The van der Waals surface area contributed by atoms with Crippen LogP contribution in [0.3, 0.4) is 0 Å². The molecule has 8 nitrogen and oxygen atoms in total. The standard InChI is InChI=1S/C20H22N6O2/c1-24-20(28)11-15(12-22-24)13-25-10-2-3-17(25)14-26-19(27)5-4-18(23-26)16-6-8-21-9-7-16/h4-9,11-12,17H,2-3,10,13-14H2,1H3. The molecule has 0 radical (unpaired) electrons. The first kappa shape index (κ1) is 18.2. The Balaban J connectivity index is 1.53. The van der Waals surface area contributed by atoms with E-state index >= 15 is 0 Å². The monoisotopic (exact) mass is 378 g/mol. The van der Waals surface area contributed by atoms with Crippen molar-refractivity contribution in [2.24, 2.45) is 7.05 Å². The Kier molecular flexibility index (Phi) is 5.12. The van der Waals surface area contributed by atoms with Gasteiger partial charge in [-0.05, 0) is 43.1 Å². The SMILES string of the molecule is Cn1ncc(CN2CCCC2Cn2nc(-c3ccncc3)ccc2=O)cc1=O. The average molecular weight is 378 g/mol. The highest BCUT2D eigenvalue weighted by Gasteiger charge is 2.26. The molecule has 4 heterocycles. The first-order chi connectivity index (χ1) is 13.6. The molecule has 144 valence electrons. The molecule has 0 N–H and O–H groups in total. The maximum absolute atomic E-state index is 12.4. The van der Waals surface area contributed by atoms with Crippen LogP contribution >= 0.6 is 0 Å². The second-order valence-corrected chi connectivity index (χ2v) is 7.07. The maximum atomic E-state index is 12.4. The number of likely N-dealkylation sites (tertiary alicyclic amines) is 1. The molecule has 1 saturated heterocycles. The summed E-state index contributed by atoms with van der Waals surface area (Å²) in [6.07, 6.45) is 7.20. The van der Waals surface area contributed by atoms with Crippen LogP contribution in [0, 0.1) is 0 Å². The average Bonchev–Trinajstić information content (AvgIpc) is 3.14. The Morgan fingerprint density at radius 1 is 1.11 bits per heavy atom. The normalized spacial score (nSPS) is 17.1. The molecule has 0 spiro atoms. The second-order valence-electron chi connectivity index (χ2n) is 7.07. The summed E-state index contributed by atoms with van der Waals surface area (Å²) >= 11 is 0. The van der Waals surface area contributed by atoms with Crippen LogP contribution in [0.25, 0.3) is 11.3 Å². The minimum Gasteiger partial charge on any atom is -0.294 e. The molecule has 28 heavy (non-hydrogen) atoms. The topological polar surface area (TPSA) is 85.9 Å². The zero-order valence-corrected chi connectivity index (χ0v) is 15.7. The number of hydrogen-bond donors (Lipinski definition) is 0. The molecule has 1 aliphatic heterocycles. The van der Waals surface area contributed by atoms with E-state index in [1.54, 1.807) is 48.5 Å². The zero-order valence-electron chi connectivity index (χ0n) is 15.7. The highest BCUT2D eigenvalue weighted by atomic mass is 16.1. The molecule has 0 saturated carbocycles. The van der Waals surface area contributed by atoms with Crippen LogP contribution in [-0.2, 0) is 20.1 Å². The third-order valence-electron chi connectivity index (χ3n) is 5.14. The first-order valence-electron chi connectivity index (χ1n) is 9.35. The van der Waals surface area contributed by atoms with Crippen molar-refractivity contribution < 1.29 is 0 Å². The molecule has 1 unspecified atom stereocenters. The molecule has 1 atom stereocenters. The van der Waals surface area contributed by atoms with Gasteiger partial charge in [0.15, 0.2) is 0 Å². The van der Waals surface area contributed by atoms with Crippen molar-refractivity contribution in [1.82, 2.24) is 29.4 Å². The smallest absolute Gasteiger partial charge is 0.266 e. The van der Waals surface area contributed by atoms with E-state index < -0.39 is 0 Å². The lowest BCUT2D eigenvalue weighted by Gasteiger charge is -2.24. The van der Waals surface area contributed by atoms with Crippen LogP contribution in [-0.4, -0.2) is 42.0 Å². The largest absolute Gasteiger partial charge is 0.294 e. The third-order valence-corrected chi connectivity index (χ3v) is 5.14. The van der Waals surface area contributed by atoms with E-state index in [1.165, 1.54) is 4.68 Å². The Morgan fingerprint density at radius 3 is 2.71 bits per heavy atom. The lowest BCUT2D eigenvalue weighted by molar-refractivity contribution is 0.216. The van der Waals surface area contributed by atoms with Crippen molar-refractivity contribution >= 4 is 0 Å². The van der Waals surface area contributed by atoms with E-state index in [0.29, 0.717) is 13.1 Å². The lowest BCUT2D eigenvalue weighted by Crippen LogP contribution is -2.37. The lowest BCUT2D eigenvalue weighted by atomic mass is 10.2. The number of pyridine rings is 1. The van der Waals surface area contributed by atoms with Crippen LogP contribution in [0.15, 0.2) is 58.5 Å². The zero-order chi connectivity index (χ0) is 19.5. The Morgan fingerprint density at radius 2 is 1.93 bits per heavy atom. The summed E-state index contributed by atoms with van der Waals surface area (Å²) in [6.45, 7) is 2.10. The van der Waals surface area contributed by atoms with Gasteiger partial charge >= 0.3 is 0 Å². The van der Waals surface area contributed by atoms with E-state index in [4.69, 9.17) is 0 Å². The van der Waals surface area contributed by atoms with Crippen molar-refractivity contribution in [3.05, 3.63) is 75.2 Å². The molecular formula is C20H22N6O2. The fourth-order valence-electron chi connectivity index (χ4n) is 3.59. The fourth-order valence-corrected chi connectivity index (χ4v) is 3.59. The van der Waals surface area contributed by atoms with Crippen molar-refractivity contribution in [2.45, 2.75) is 32.0 Å². The molecule has 4 rings (SSSR count). The summed E-state index contributed by atoms with van der Waals surface area (Å²) in [5.74, 6) is 0. The molecule has 0 amide bonds. The molecule has 0 aromatic carbocycles. The van der Waals surface area contributed by atoms with Crippen LogP contribution in [0.5, 0.6) is 0 Å². The predicted octanol–water partition coefficient (Wildman–Crippen LogP) is 1.06. The highest BCUT2D eigenvalue weighted by molar-refractivity contribution is 5.56. The molecule has 1 fully saturated rings. The second kappa shape index (κ2) is 7.85. The van der Waals surface area contributed by atoms with Gasteiger partial charge in [0.05, 0.1) is 18.4 Å². The molecule has 1 aliphatic rings. The number of hydrogen-bond acceptors (Lipinski definition) is 6. The van der Waals surface area contributed by atoms with E-state index in [9.17, 15) is 9.59 Å². The van der Waals surface area contributed by atoms with Crippen LogP contribution in [0.2, 0.25) is 0 Å². The summed E-state index contributed by atoms with van der Waals surface area (Å²) in [4.78, 5) is 30.5. The van der Waals surface area contributed by atoms with Gasteiger partial charge < -0.3 is 0 Å². The van der Waals surface area contributed by atoms with Crippen molar-refractivity contribution in [1.29, 1.82) is 0 Å². The number of aromatic nitrogens is 5. The Hall–Kier alpha value is -3.13. The van der Waals surface area contributed by atoms with Crippen molar-refractivity contribution in [3.8, 4) is 11.3 Å². The van der Waals surface area contributed by atoms with Gasteiger partial charge in [-0.15, -0.1) is 0 Å². The van der Waals surface area contributed by atoms with Gasteiger partial charge in [0.25, 0.3) is 11.1 Å². The fraction of sp³-hybridized carbons (Fsp3) is 0.350. The van der Waals surface area contributed by atoms with Gasteiger partial charge in [-0.2, -0.15) is 10.2 Å². The van der Waals surface area contributed by atoms with Crippen molar-refractivity contribution in [2.75, 3.05) is 6.54 Å².